The molecule has 0 aliphatic heterocycles. The molecule has 4 aromatic rings. The summed E-state index contributed by atoms with van der Waals surface area (Å²) in [6.07, 6.45) is 6.92. The number of rotatable bonds is 4. The quantitative estimate of drug-likeness (QED) is 0.614. The number of hydrogen-bond donors (Lipinski definition) is 1. The zero-order valence-corrected chi connectivity index (χ0v) is 12.6. The summed E-state index contributed by atoms with van der Waals surface area (Å²) in [7, 11) is 0. The van der Waals surface area contributed by atoms with Gasteiger partial charge in [0.05, 0.1) is 11.9 Å². The lowest BCUT2D eigenvalue weighted by Crippen LogP contribution is -1.90. The minimum atomic E-state index is 0.474. The summed E-state index contributed by atoms with van der Waals surface area (Å²) < 4.78 is 5.34. The van der Waals surface area contributed by atoms with E-state index in [-0.39, 0.29) is 0 Å². The zero-order valence-electron chi connectivity index (χ0n) is 12.6. The summed E-state index contributed by atoms with van der Waals surface area (Å²) >= 11 is 0. The van der Waals surface area contributed by atoms with E-state index < -0.39 is 0 Å². The number of nitrogens with one attached hydrogen (secondary N) is 1. The van der Waals surface area contributed by atoms with Crippen LogP contribution in [-0.4, -0.2) is 20.1 Å². The molecule has 0 unspecified atom stereocenters. The molecule has 0 atom stereocenters. The van der Waals surface area contributed by atoms with Crippen LogP contribution in [0.15, 0.2) is 77.8 Å². The summed E-state index contributed by atoms with van der Waals surface area (Å²) in [5.41, 5.74) is 3.57. The molecule has 0 saturated carbocycles. The second-order valence-corrected chi connectivity index (χ2v) is 5.11. The molecule has 3 aromatic heterocycles. The molecule has 0 saturated heterocycles. The van der Waals surface area contributed by atoms with E-state index >= 15 is 0 Å². The second kappa shape index (κ2) is 6.29. The van der Waals surface area contributed by atoms with Crippen molar-refractivity contribution in [3.8, 4) is 22.8 Å². The first-order chi connectivity index (χ1) is 11.9. The van der Waals surface area contributed by atoms with Gasteiger partial charge in [-0.15, -0.1) is 0 Å². The first-order valence-electron chi connectivity index (χ1n) is 7.40. The van der Waals surface area contributed by atoms with Gasteiger partial charge in [0.2, 0.25) is 5.82 Å². The number of nitrogens with zero attached hydrogens (tertiary/aromatic N) is 4. The number of aromatic nitrogens is 4. The fourth-order valence-corrected chi connectivity index (χ4v) is 2.25. The monoisotopic (exact) mass is 315 g/mol. The van der Waals surface area contributed by atoms with Gasteiger partial charge < -0.3 is 9.84 Å². The molecule has 0 bridgehead atoms. The SMILES string of the molecule is c1cncc(Nc2ccc(-c3nc(-c4cccnc4)no3)cc2)c1. The average Bonchev–Trinajstić information content (AvgIpc) is 3.14. The molecule has 116 valence electrons. The van der Waals surface area contributed by atoms with Crippen LogP contribution in [0, 0.1) is 0 Å². The van der Waals surface area contributed by atoms with Crippen LogP contribution in [0.2, 0.25) is 0 Å². The second-order valence-electron chi connectivity index (χ2n) is 5.11. The van der Waals surface area contributed by atoms with E-state index in [9.17, 15) is 0 Å². The third kappa shape index (κ3) is 2.98. The van der Waals surface area contributed by atoms with Gasteiger partial charge in [-0.2, -0.15) is 4.98 Å². The molecule has 0 amide bonds. The van der Waals surface area contributed by atoms with Crippen molar-refractivity contribution in [2.75, 3.05) is 5.32 Å². The molecule has 0 aliphatic rings. The van der Waals surface area contributed by atoms with Crippen molar-refractivity contribution in [2.45, 2.75) is 0 Å². The summed E-state index contributed by atoms with van der Waals surface area (Å²) in [5.74, 6) is 0.998. The Labute approximate surface area is 138 Å². The van der Waals surface area contributed by atoms with E-state index in [0.717, 1.165) is 22.5 Å². The van der Waals surface area contributed by atoms with Gasteiger partial charge in [-0.3, -0.25) is 9.97 Å². The minimum Gasteiger partial charge on any atom is -0.354 e. The average molecular weight is 315 g/mol. The Morgan fingerprint density at radius 1 is 0.750 bits per heavy atom. The summed E-state index contributed by atoms with van der Waals surface area (Å²) in [5, 5.41) is 7.28. The van der Waals surface area contributed by atoms with Crippen molar-refractivity contribution < 1.29 is 4.52 Å². The van der Waals surface area contributed by atoms with E-state index in [1.807, 2.05) is 48.5 Å². The minimum absolute atomic E-state index is 0.474. The zero-order chi connectivity index (χ0) is 16.2. The van der Waals surface area contributed by atoms with Crippen LogP contribution in [0.3, 0.4) is 0 Å². The van der Waals surface area contributed by atoms with Gasteiger partial charge in [0.1, 0.15) is 0 Å². The molecule has 6 heteroatoms. The van der Waals surface area contributed by atoms with Gasteiger partial charge in [0, 0.05) is 35.4 Å². The topological polar surface area (TPSA) is 76.7 Å². The number of benzene rings is 1. The largest absolute Gasteiger partial charge is 0.354 e. The Morgan fingerprint density at radius 2 is 1.54 bits per heavy atom. The highest BCUT2D eigenvalue weighted by Gasteiger charge is 2.10. The maximum absolute atomic E-state index is 5.34. The molecule has 6 nitrogen and oxygen atoms in total. The summed E-state index contributed by atoms with van der Waals surface area (Å²) in [6.45, 7) is 0. The molecule has 1 aromatic carbocycles. The van der Waals surface area contributed by atoms with E-state index in [1.54, 1.807) is 24.8 Å². The molecule has 0 spiro atoms. The fourth-order valence-electron chi connectivity index (χ4n) is 2.25. The molecule has 24 heavy (non-hydrogen) atoms. The Balaban J connectivity index is 1.54. The van der Waals surface area contributed by atoms with Crippen molar-refractivity contribution >= 4 is 11.4 Å². The van der Waals surface area contributed by atoms with Gasteiger partial charge >= 0.3 is 0 Å². The van der Waals surface area contributed by atoms with Crippen LogP contribution < -0.4 is 5.32 Å². The van der Waals surface area contributed by atoms with Crippen molar-refractivity contribution in [3.63, 3.8) is 0 Å². The van der Waals surface area contributed by atoms with E-state index in [2.05, 4.69) is 25.4 Å². The van der Waals surface area contributed by atoms with Crippen molar-refractivity contribution in [2.24, 2.45) is 0 Å². The van der Waals surface area contributed by atoms with Gasteiger partial charge in [-0.1, -0.05) is 5.16 Å². The lowest BCUT2D eigenvalue weighted by atomic mass is 10.2. The first kappa shape index (κ1) is 14.1. The molecule has 0 aliphatic carbocycles. The standard InChI is InChI=1S/C18H13N5O/c1-3-14(11-19-9-1)17-22-18(24-23-17)13-5-7-15(8-6-13)21-16-4-2-10-20-12-16/h1-12,21H. The predicted molar refractivity (Wildman–Crippen MR) is 90.5 cm³/mol. The first-order valence-corrected chi connectivity index (χ1v) is 7.40. The molecule has 0 radical (unpaired) electrons. The molecule has 0 fully saturated rings. The van der Waals surface area contributed by atoms with Gasteiger partial charge in [-0.25, -0.2) is 0 Å². The highest BCUT2D eigenvalue weighted by atomic mass is 16.5. The molecular formula is C18H13N5O. The molecule has 3 heterocycles. The number of pyridine rings is 2. The molecule has 1 N–H and O–H groups in total. The highest BCUT2D eigenvalue weighted by Crippen LogP contribution is 2.24. The van der Waals surface area contributed by atoms with Crippen LogP contribution in [0.25, 0.3) is 22.8 Å². The van der Waals surface area contributed by atoms with Crippen LogP contribution in [0.5, 0.6) is 0 Å². The Hall–Kier alpha value is -3.54. The lowest BCUT2D eigenvalue weighted by molar-refractivity contribution is 0.432. The Morgan fingerprint density at radius 3 is 2.25 bits per heavy atom. The third-order valence-corrected chi connectivity index (χ3v) is 3.43. The number of hydrogen-bond acceptors (Lipinski definition) is 6. The van der Waals surface area contributed by atoms with Crippen molar-refractivity contribution in [1.29, 1.82) is 0 Å². The van der Waals surface area contributed by atoms with Crippen molar-refractivity contribution in [3.05, 3.63) is 73.3 Å². The summed E-state index contributed by atoms with van der Waals surface area (Å²) in [6, 6.07) is 15.3. The smallest absolute Gasteiger partial charge is 0.258 e. The van der Waals surface area contributed by atoms with Crippen LogP contribution in [-0.2, 0) is 0 Å². The van der Waals surface area contributed by atoms with E-state index in [1.165, 1.54) is 0 Å². The lowest BCUT2D eigenvalue weighted by Gasteiger charge is -2.05. The van der Waals surface area contributed by atoms with E-state index in [4.69, 9.17) is 4.52 Å². The molecular weight excluding hydrogens is 302 g/mol. The van der Waals surface area contributed by atoms with Crippen LogP contribution in [0.1, 0.15) is 0 Å². The maximum atomic E-state index is 5.34. The normalized spacial score (nSPS) is 10.5. The van der Waals surface area contributed by atoms with E-state index in [0.29, 0.717) is 11.7 Å². The third-order valence-electron chi connectivity index (χ3n) is 3.43. The number of anilines is 2. The van der Waals surface area contributed by atoms with Crippen LogP contribution in [0.4, 0.5) is 11.4 Å². The molecule has 4 rings (SSSR count). The Bertz CT molecular complexity index is 921. The fraction of sp³-hybridized carbons (Fsp3) is 0. The van der Waals surface area contributed by atoms with Gasteiger partial charge in [0.15, 0.2) is 0 Å². The Kier molecular flexibility index (Phi) is 3.69. The van der Waals surface area contributed by atoms with Gasteiger partial charge in [-0.05, 0) is 48.5 Å². The summed E-state index contributed by atoms with van der Waals surface area (Å²) in [4.78, 5) is 12.6. The van der Waals surface area contributed by atoms with Gasteiger partial charge in [0.25, 0.3) is 5.89 Å². The van der Waals surface area contributed by atoms with Crippen molar-refractivity contribution in [1.82, 2.24) is 20.1 Å². The van der Waals surface area contributed by atoms with Crippen LogP contribution >= 0.6 is 0 Å². The highest BCUT2D eigenvalue weighted by molar-refractivity contribution is 5.64. The predicted octanol–water partition coefficient (Wildman–Crippen LogP) is 3.94. The maximum Gasteiger partial charge on any atom is 0.258 e.